The summed E-state index contributed by atoms with van der Waals surface area (Å²) in [4.78, 5) is 4.80. The summed E-state index contributed by atoms with van der Waals surface area (Å²) in [5.41, 5.74) is 3.40. The Morgan fingerprint density at radius 3 is 3.00 bits per heavy atom. The first-order valence-electron chi connectivity index (χ1n) is 7.50. The predicted molar refractivity (Wildman–Crippen MR) is 88.1 cm³/mol. The van der Waals surface area contributed by atoms with Crippen LogP contribution < -0.4 is 10.1 Å². The molecule has 0 fully saturated rings. The van der Waals surface area contributed by atoms with E-state index in [4.69, 9.17) is 9.72 Å². The molecule has 4 heteroatoms. The first-order valence-corrected chi connectivity index (χ1v) is 8.38. The Morgan fingerprint density at radius 1 is 1.43 bits per heavy atom. The number of rotatable bonds is 4. The van der Waals surface area contributed by atoms with E-state index in [1.807, 2.05) is 0 Å². The van der Waals surface area contributed by atoms with E-state index < -0.39 is 0 Å². The van der Waals surface area contributed by atoms with Crippen LogP contribution in [0.3, 0.4) is 0 Å². The molecule has 0 bridgehead atoms. The third kappa shape index (κ3) is 2.83. The van der Waals surface area contributed by atoms with Gasteiger partial charge in [0.1, 0.15) is 16.4 Å². The lowest BCUT2D eigenvalue weighted by atomic mass is 10.0. The van der Waals surface area contributed by atoms with E-state index in [9.17, 15) is 0 Å². The number of hydrogen-bond donors (Lipinski definition) is 1. The number of hydrogen-bond acceptors (Lipinski definition) is 4. The zero-order valence-electron chi connectivity index (χ0n) is 13.1. The number of aromatic nitrogens is 1. The fourth-order valence-electron chi connectivity index (χ4n) is 2.80. The van der Waals surface area contributed by atoms with Crippen molar-refractivity contribution in [3.05, 3.63) is 34.8 Å². The number of fused-ring (bicyclic) bond motifs is 1. The van der Waals surface area contributed by atoms with Crippen molar-refractivity contribution < 1.29 is 4.74 Å². The van der Waals surface area contributed by atoms with Crippen LogP contribution in [0.25, 0.3) is 10.6 Å². The third-order valence-corrected chi connectivity index (χ3v) is 4.69. The number of thiazole rings is 1. The molecule has 112 valence electrons. The van der Waals surface area contributed by atoms with Crippen LogP contribution in [-0.2, 0) is 6.42 Å². The summed E-state index contributed by atoms with van der Waals surface area (Å²) in [5.74, 6) is 1.01. The maximum Gasteiger partial charge on any atom is 0.133 e. The van der Waals surface area contributed by atoms with Crippen molar-refractivity contribution in [1.82, 2.24) is 10.3 Å². The standard InChI is InChI=1S/C17H22N2OS/c1-5-18-11(2)14-10-21-16(19-14)13-8-6-7-12-9-17(3,4)20-15(12)13/h6-8,10-11,18H,5,9H2,1-4H3. The van der Waals surface area contributed by atoms with Gasteiger partial charge < -0.3 is 10.1 Å². The molecule has 1 aromatic carbocycles. The highest BCUT2D eigenvalue weighted by Crippen LogP contribution is 2.43. The number of para-hydroxylation sites is 1. The van der Waals surface area contributed by atoms with Crippen molar-refractivity contribution in [2.45, 2.75) is 45.8 Å². The van der Waals surface area contributed by atoms with Crippen LogP contribution in [0.5, 0.6) is 5.75 Å². The molecule has 1 aromatic heterocycles. The summed E-state index contributed by atoms with van der Waals surface area (Å²) in [6.07, 6.45) is 0.961. The van der Waals surface area contributed by atoms with Crippen molar-refractivity contribution >= 4 is 11.3 Å². The van der Waals surface area contributed by atoms with Gasteiger partial charge in [-0.05, 0) is 38.9 Å². The highest BCUT2D eigenvalue weighted by Gasteiger charge is 2.32. The van der Waals surface area contributed by atoms with Gasteiger partial charge in [-0.2, -0.15) is 0 Å². The van der Waals surface area contributed by atoms with Gasteiger partial charge in [0, 0.05) is 17.8 Å². The monoisotopic (exact) mass is 302 g/mol. The summed E-state index contributed by atoms with van der Waals surface area (Å²) in [6.45, 7) is 9.49. The van der Waals surface area contributed by atoms with Crippen molar-refractivity contribution in [3.63, 3.8) is 0 Å². The van der Waals surface area contributed by atoms with E-state index in [0.29, 0.717) is 0 Å². The van der Waals surface area contributed by atoms with E-state index in [1.165, 1.54) is 5.56 Å². The molecule has 0 spiro atoms. The minimum atomic E-state index is -0.115. The van der Waals surface area contributed by atoms with Gasteiger partial charge in [0.25, 0.3) is 0 Å². The van der Waals surface area contributed by atoms with Gasteiger partial charge in [-0.1, -0.05) is 19.1 Å². The van der Waals surface area contributed by atoms with Crippen molar-refractivity contribution in [3.8, 4) is 16.3 Å². The minimum absolute atomic E-state index is 0.115. The number of nitrogens with one attached hydrogen (secondary N) is 1. The minimum Gasteiger partial charge on any atom is -0.486 e. The molecule has 0 saturated carbocycles. The molecule has 1 atom stereocenters. The van der Waals surface area contributed by atoms with Crippen LogP contribution in [0.4, 0.5) is 0 Å². The molecule has 3 nitrogen and oxygen atoms in total. The maximum absolute atomic E-state index is 6.15. The molecule has 0 radical (unpaired) electrons. The van der Waals surface area contributed by atoms with Gasteiger partial charge >= 0.3 is 0 Å². The fourth-order valence-corrected chi connectivity index (χ4v) is 3.74. The topological polar surface area (TPSA) is 34.1 Å². The smallest absolute Gasteiger partial charge is 0.133 e. The number of ether oxygens (including phenoxy) is 1. The van der Waals surface area contributed by atoms with Gasteiger partial charge in [0.2, 0.25) is 0 Å². The van der Waals surface area contributed by atoms with E-state index in [1.54, 1.807) is 11.3 Å². The van der Waals surface area contributed by atoms with Crippen LogP contribution in [0.2, 0.25) is 0 Å². The van der Waals surface area contributed by atoms with Gasteiger partial charge in [0.15, 0.2) is 0 Å². The molecule has 1 aliphatic heterocycles. The van der Waals surface area contributed by atoms with Gasteiger partial charge in [-0.3, -0.25) is 0 Å². The van der Waals surface area contributed by atoms with Gasteiger partial charge in [-0.15, -0.1) is 11.3 Å². The molecular formula is C17H22N2OS. The Kier molecular flexibility index (Phi) is 3.76. The molecule has 2 aromatic rings. The number of benzene rings is 1. The fraction of sp³-hybridized carbons (Fsp3) is 0.471. The van der Waals surface area contributed by atoms with E-state index >= 15 is 0 Å². The lowest BCUT2D eigenvalue weighted by Gasteiger charge is -2.17. The quantitative estimate of drug-likeness (QED) is 0.919. The SMILES string of the molecule is CCNC(C)c1csc(-c2cccc3c2OC(C)(C)C3)n1. The Balaban J connectivity index is 1.95. The summed E-state index contributed by atoms with van der Waals surface area (Å²) < 4.78 is 6.15. The Hall–Kier alpha value is -1.39. The van der Waals surface area contributed by atoms with Crippen LogP contribution in [0.1, 0.15) is 45.0 Å². The summed E-state index contributed by atoms with van der Waals surface area (Å²) >= 11 is 1.69. The molecular weight excluding hydrogens is 280 g/mol. The highest BCUT2D eigenvalue weighted by atomic mass is 32.1. The summed E-state index contributed by atoms with van der Waals surface area (Å²) in [7, 11) is 0. The summed E-state index contributed by atoms with van der Waals surface area (Å²) in [5, 5.41) is 6.59. The van der Waals surface area contributed by atoms with Crippen molar-refractivity contribution in [2.24, 2.45) is 0 Å². The van der Waals surface area contributed by atoms with Crippen LogP contribution in [0.15, 0.2) is 23.6 Å². The van der Waals surface area contributed by atoms with Crippen molar-refractivity contribution in [1.29, 1.82) is 0 Å². The van der Waals surface area contributed by atoms with E-state index in [2.05, 4.69) is 56.6 Å². The van der Waals surface area contributed by atoms with Gasteiger partial charge in [-0.25, -0.2) is 4.98 Å². The molecule has 0 amide bonds. The molecule has 21 heavy (non-hydrogen) atoms. The van der Waals surface area contributed by atoms with Crippen LogP contribution in [-0.4, -0.2) is 17.1 Å². The largest absolute Gasteiger partial charge is 0.486 e. The van der Waals surface area contributed by atoms with Crippen molar-refractivity contribution in [2.75, 3.05) is 6.54 Å². The average molecular weight is 302 g/mol. The third-order valence-electron chi connectivity index (χ3n) is 3.80. The normalized spacial score (nSPS) is 17.3. The van der Waals surface area contributed by atoms with E-state index in [0.717, 1.165) is 35.0 Å². The first-order chi connectivity index (χ1) is 10.00. The number of nitrogens with zero attached hydrogens (tertiary/aromatic N) is 1. The summed E-state index contributed by atoms with van der Waals surface area (Å²) in [6, 6.07) is 6.66. The van der Waals surface area contributed by atoms with Crippen LogP contribution >= 0.6 is 11.3 Å². The van der Waals surface area contributed by atoms with Gasteiger partial charge in [0.05, 0.1) is 11.3 Å². The molecule has 3 rings (SSSR count). The first kappa shape index (κ1) is 14.5. The Bertz CT molecular complexity index is 648. The molecule has 0 saturated heterocycles. The maximum atomic E-state index is 6.15. The zero-order valence-corrected chi connectivity index (χ0v) is 13.9. The molecule has 1 N–H and O–H groups in total. The lowest BCUT2D eigenvalue weighted by Crippen LogP contribution is -2.24. The second-order valence-electron chi connectivity index (χ2n) is 6.19. The average Bonchev–Trinajstić information content (AvgIpc) is 3.00. The Labute approximate surface area is 130 Å². The van der Waals surface area contributed by atoms with E-state index in [-0.39, 0.29) is 11.6 Å². The lowest BCUT2D eigenvalue weighted by molar-refractivity contribution is 0.139. The molecule has 1 unspecified atom stereocenters. The predicted octanol–water partition coefficient (Wildman–Crippen LogP) is 4.19. The van der Waals surface area contributed by atoms with Crippen LogP contribution in [0, 0.1) is 0 Å². The second kappa shape index (κ2) is 5.43. The molecule has 0 aliphatic carbocycles. The molecule has 1 aliphatic rings. The second-order valence-corrected chi connectivity index (χ2v) is 7.05. The molecule has 2 heterocycles. The zero-order chi connectivity index (χ0) is 15.0. The Morgan fingerprint density at radius 2 is 2.24 bits per heavy atom. The highest BCUT2D eigenvalue weighted by molar-refractivity contribution is 7.13.